The highest BCUT2D eigenvalue weighted by Crippen LogP contribution is 2.18. The summed E-state index contributed by atoms with van der Waals surface area (Å²) in [6, 6.07) is 0. The molecule has 96 valence electrons. The number of carbonyl (C=O) groups is 1. The van der Waals surface area contributed by atoms with E-state index in [0.29, 0.717) is 18.8 Å². The SMILES string of the molecule is CC(C)(N)OCCCCCC(=O)C(C)(C)C. The summed E-state index contributed by atoms with van der Waals surface area (Å²) in [5.41, 5.74) is 4.94. The second kappa shape index (κ2) is 6.36. The zero-order chi connectivity index (χ0) is 12.8. The average molecular weight is 229 g/mol. The van der Waals surface area contributed by atoms with Gasteiger partial charge in [0.2, 0.25) is 0 Å². The van der Waals surface area contributed by atoms with Gasteiger partial charge in [0.15, 0.2) is 0 Å². The summed E-state index contributed by atoms with van der Waals surface area (Å²) in [5, 5.41) is 0. The van der Waals surface area contributed by atoms with E-state index in [0.717, 1.165) is 19.3 Å². The number of hydrogen-bond donors (Lipinski definition) is 1. The molecule has 0 aliphatic carbocycles. The third-order valence-electron chi connectivity index (χ3n) is 2.36. The molecule has 0 aliphatic heterocycles. The smallest absolute Gasteiger partial charge is 0.138 e. The fraction of sp³-hybridized carbons (Fsp3) is 0.923. The van der Waals surface area contributed by atoms with Gasteiger partial charge in [-0.05, 0) is 26.7 Å². The molecule has 16 heavy (non-hydrogen) atoms. The van der Waals surface area contributed by atoms with Gasteiger partial charge < -0.3 is 10.5 Å². The van der Waals surface area contributed by atoms with Crippen LogP contribution in [0.3, 0.4) is 0 Å². The van der Waals surface area contributed by atoms with Crippen molar-refractivity contribution in [3.05, 3.63) is 0 Å². The first-order valence-corrected chi connectivity index (χ1v) is 6.09. The Morgan fingerprint density at radius 2 is 1.62 bits per heavy atom. The second-order valence-electron chi connectivity index (χ2n) is 5.94. The lowest BCUT2D eigenvalue weighted by Gasteiger charge is -2.19. The minimum Gasteiger partial charge on any atom is -0.361 e. The van der Waals surface area contributed by atoms with Gasteiger partial charge in [0, 0.05) is 18.4 Å². The van der Waals surface area contributed by atoms with E-state index < -0.39 is 5.72 Å². The minimum absolute atomic E-state index is 0.199. The fourth-order valence-electron chi connectivity index (χ4n) is 1.27. The normalized spacial score (nSPS) is 12.9. The van der Waals surface area contributed by atoms with Crippen LogP contribution in [0.2, 0.25) is 0 Å². The Kier molecular flexibility index (Phi) is 6.19. The maximum Gasteiger partial charge on any atom is 0.138 e. The Balaban J connectivity index is 3.45. The Morgan fingerprint density at radius 1 is 1.06 bits per heavy atom. The molecule has 0 aromatic heterocycles. The molecule has 0 atom stereocenters. The van der Waals surface area contributed by atoms with Crippen LogP contribution in [0.15, 0.2) is 0 Å². The van der Waals surface area contributed by atoms with Gasteiger partial charge in [-0.1, -0.05) is 27.2 Å². The van der Waals surface area contributed by atoms with Crippen molar-refractivity contribution < 1.29 is 9.53 Å². The molecule has 0 aromatic rings. The molecule has 0 unspecified atom stereocenters. The van der Waals surface area contributed by atoms with E-state index in [-0.39, 0.29) is 5.41 Å². The van der Waals surface area contributed by atoms with Gasteiger partial charge in [-0.25, -0.2) is 0 Å². The molecule has 0 rings (SSSR count). The van der Waals surface area contributed by atoms with Crippen molar-refractivity contribution in [1.29, 1.82) is 0 Å². The number of hydrogen-bond acceptors (Lipinski definition) is 3. The maximum absolute atomic E-state index is 11.6. The first-order chi connectivity index (χ1) is 7.13. The zero-order valence-electron chi connectivity index (χ0n) is 11.4. The van der Waals surface area contributed by atoms with Gasteiger partial charge in [-0.2, -0.15) is 0 Å². The molecule has 3 heteroatoms. The summed E-state index contributed by atoms with van der Waals surface area (Å²) in [5.74, 6) is 0.340. The van der Waals surface area contributed by atoms with Crippen LogP contribution < -0.4 is 5.73 Å². The van der Waals surface area contributed by atoms with Crippen molar-refractivity contribution in [2.24, 2.45) is 11.1 Å². The summed E-state index contributed by atoms with van der Waals surface area (Å²) < 4.78 is 5.40. The van der Waals surface area contributed by atoms with Crippen LogP contribution in [0.5, 0.6) is 0 Å². The van der Waals surface area contributed by atoms with E-state index in [1.54, 1.807) is 0 Å². The van der Waals surface area contributed by atoms with Crippen molar-refractivity contribution in [3.8, 4) is 0 Å². The number of carbonyl (C=O) groups excluding carboxylic acids is 1. The summed E-state index contributed by atoms with van der Waals surface area (Å²) >= 11 is 0. The van der Waals surface area contributed by atoms with E-state index in [2.05, 4.69) is 0 Å². The van der Waals surface area contributed by atoms with Crippen molar-refractivity contribution >= 4 is 5.78 Å². The van der Waals surface area contributed by atoms with E-state index in [4.69, 9.17) is 10.5 Å². The number of nitrogens with two attached hydrogens (primary N) is 1. The Morgan fingerprint density at radius 3 is 2.06 bits per heavy atom. The predicted molar refractivity (Wildman–Crippen MR) is 67.1 cm³/mol. The molecule has 3 nitrogen and oxygen atoms in total. The van der Waals surface area contributed by atoms with Crippen molar-refractivity contribution in [1.82, 2.24) is 0 Å². The summed E-state index contributed by atoms with van der Waals surface area (Å²) in [7, 11) is 0. The lowest BCUT2D eigenvalue weighted by atomic mass is 9.88. The lowest BCUT2D eigenvalue weighted by Crippen LogP contribution is -2.35. The van der Waals surface area contributed by atoms with E-state index in [1.807, 2.05) is 34.6 Å². The molecule has 0 saturated carbocycles. The quantitative estimate of drug-likeness (QED) is 0.539. The molecule has 0 spiro atoms. The van der Waals surface area contributed by atoms with Crippen molar-refractivity contribution in [2.75, 3.05) is 6.61 Å². The first-order valence-electron chi connectivity index (χ1n) is 6.09. The fourth-order valence-corrected chi connectivity index (χ4v) is 1.27. The molecule has 0 fully saturated rings. The van der Waals surface area contributed by atoms with Crippen LogP contribution >= 0.6 is 0 Å². The average Bonchev–Trinajstić information content (AvgIpc) is 2.07. The van der Waals surface area contributed by atoms with E-state index >= 15 is 0 Å². The number of rotatable bonds is 7. The van der Waals surface area contributed by atoms with Gasteiger partial charge in [0.1, 0.15) is 11.5 Å². The van der Waals surface area contributed by atoms with E-state index in [1.165, 1.54) is 0 Å². The first kappa shape index (κ1) is 15.6. The van der Waals surface area contributed by atoms with Crippen molar-refractivity contribution in [2.45, 2.75) is 66.0 Å². The number of unbranched alkanes of at least 4 members (excludes halogenated alkanes) is 2. The van der Waals surface area contributed by atoms with Crippen molar-refractivity contribution in [3.63, 3.8) is 0 Å². The van der Waals surface area contributed by atoms with Crippen LogP contribution in [0.1, 0.15) is 60.3 Å². The molecule has 0 aliphatic rings. The number of ketones is 1. The molecule has 0 saturated heterocycles. The summed E-state index contributed by atoms with van der Waals surface area (Å²) in [4.78, 5) is 11.6. The van der Waals surface area contributed by atoms with Crippen LogP contribution in [0.4, 0.5) is 0 Å². The third-order valence-corrected chi connectivity index (χ3v) is 2.36. The molecular weight excluding hydrogens is 202 g/mol. The molecule has 0 heterocycles. The summed E-state index contributed by atoms with van der Waals surface area (Å²) in [6.07, 6.45) is 3.62. The van der Waals surface area contributed by atoms with Crippen LogP contribution in [0.25, 0.3) is 0 Å². The van der Waals surface area contributed by atoms with Gasteiger partial charge in [0.25, 0.3) is 0 Å². The minimum atomic E-state index is -0.540. The molecule has 0 bridgehead atoms. The molecule has 2 N–H and O–H groups in total. The predicted octanol–water partition coefficient (Wildman–Crippen LogP) is 2.87. The molecule has 0 aromatic carbocycles. The number of ether oxygens (including phenoxy) is 1. The summed E-state index contributed by atoms with van der Waals surface area (Å²) in [6.45, 7) is 10.3. The molecular formula is C13H27NO2. The maximum atomic E-state index is 11.6. The standard InChI is InChI=1S/C13H27NO2/c1-12(2,3)11(15)9-7-6-8-10-16-13(4,5)14/h6-10,14H2,1-5H3. The monoisotopic (exact) mass is 229 g/mol. The van der Waals surface area contributed by atoms with Gasteiger partial charge in [0.05, 0.1) is 0 Å². The Bertz CT molecular complexity index is 211. The Labute approximate surface area is 99.7 Å². The van der Waals surface area contributed by atoms with Crippen LogP contribution in [-0.4, -0.2) is 18.1 Å². The second-order valence-corrected chi connectivity index (χ2v) is 5.94. The molecule has 0 amide bonds. The number of Topliss-reactive ketones (excluding diaryl/α,β-unsaturated/α-hetero) is 1. The largest absolute Gasteiger partial charge is 0.361 e. The van der Waals surface area contributed by atoms with Gasteiger partial charge >= 0.3 is 0 Å². The molecule has 0 radical (unpaired) electrons. The highest BCUT2D eigenvalue weighted by molar-refractivity contribution is 5.83. The highest BCUT2D eigenvalue weighted by atomic mass is 16.5. The van der Waals surface area contributed by atoms with Crippen LogP contribution in [-0.2, 0) is 9.53 Å². The van der Waals surface area contributed by atoms with E-state index in [9.17, 15) is 4.79 Å². The van der Waals surface area contributed by atoms with Crippen LogP contribution in [0, 0.1) is 5.41 Å². The zero-order valence-corrected chi connectivity index (χ0v) is 11.4. The highest BCUT2D eigenvalue weighted by Gasteiger charge is 2.19. The topological polar surface area (TPSA) is 52.3 Å². The lowest BCUT2D eigenvalue weighted by molar-refractivity contribution is -0.126. The Hall–Kier alpha value is -0.410. The van der Waals surface area contributed by atoms with Gasteiger partial charge in [-0.3, -0.25) is 4.79 Å². The third kappa shape index (κ3) is 8.86. The van der Waals surface area contributed by atoms with Gasteiger partial charge in [-0.15, -0.1) is 0 Å².